The van der Waals surface area contributed by atoms with E-state index >= 15 is 0 Å². The first-order valence-corrected chi connectivity index (χ1v) is 11.6. The Hall–Kier alpha value is -1.16. The van der Waals surface area contributed by atoms with E-state index < -0.39 is 21.8 Å². The third-order valence-corrected chi connectivity index (χ3v) is 6.94. The Bertz CT molecular complexity index is 711. The zero-order valence-electron chi connectivity index (χ0n) is 17.0. The van der Waals surface area contributed by atoms with Crippen LogP contribution in [0.2, 0.25) is 0 Å². The normalized spacial score (nSPS) is 20.9. The lowest BCUT2D eigenvalue weighted by Crippen LogP contribution is -2.34. The van der Waals surface area contributed by atoms with Gasteiger partial charge < -0.3 is 9.64 Å². The largest absolute Gasteiger partial charge is 0.416 e. The highest BCUT2D eigenvalue weighted by Crippen LogP contribution is 2.30. The van der Waals surface area contributed by atoms with E-state index in [0.717, 1.165) is 69.6 Å². The predicted molar refractivity (Wildman–Crippen MR) is 106 cm³/mol. The minimum atomic E-state index is -4.48. The Morgan fingerprint density at radius 2 is 1.66 bits per heavy atom. The highest BCUT2D eigenvalue weighted by Gasteiger charge is 2.31. The van der Waals surface area contributed by atoms with Crippen molar-refractivity contribution in [1.29, 1.82) is 0 Å². The van der Waals surface area contributed by atoms with Crippen LogP contribution in [-0.2, 0) is 20.9 Å². The van der Waals surface area contributed by atoms with Gasteiger partial charge in [0.15, 0.2) is 0 Å². The van der Waals surface area contributed by atoms with Crippen LogP contribution in [0, 0.1) is 5.92 Å². The van der Waals surface area contributed by atoms with Gasteiger partial charge in [0.2, 0.25) is 10.0 Å². The second kappa shape index (κ2) is 10.7. The smallest absolute Gasteiger partial charge is 0.377 e. The summed E-state index contributed by atoms with van der Waals surface area (Å²) in [6.45, 7) is 8.17. The molecule has 1 N–H and O–H groups in total. The Labute approximate surface area is 171 Å². The molecule has 1 fully saturated rings. The summed E-state index contributed by atoms with van der Waals surface area (Å²) >= 11 is 0. The van der Waals surface area contributed by atoms with E-state index in [-0.39, 0.29) is 23.5 Å². The number of nitrogens with one attached hydrogen (secondary N) is 1. The number of ether oxygens (including phenoxy) is 1. The van der Waals surface area contributed by atoms with Crippen LogP contribution < -0.4 is 4.72 Å². The number of nitrogens with zero attached hydrogens (tertiary/aromatic N) is 1. The molecule has 0 unspecified atom stereocenters. The molecule has 0 saturated heterocycles. The topological polar surface area (TPSA) is 58.6 Å². The van der Waals surface area contributed by atoms with Gasteiger partial charge in [-0.2, -0.15) is 13.2 Å². The molecule has 0 aliphatic heterocycles. The Morgan fingerprint density at radius 1 is 1.07 bits per heavy atom. The molecule has 166 valence electrons. The summed E-state index contributed by atoms with van der Waals surface area (Å²) in [6.07, 6.45) is -0.748. The molecule has 1 aromatic rings. The maximum atomic E-state index is 12.6. The van der Waals surface area contributed by atoms with E-state index in [1.54, 1.807) is 0 Å². The van der Waals surface area contributed by atoms with E-state index in [9.17, 15) is 21.6 Å². The summed E-state index contributed by atoms with van der Waals surface area (Å²) in [6, 6.07) is 3.56. The number of hydrogen-bond acceptors (Lipinski definition) is 4. The molecule has 0 radical (unpaired) electrons. The maximum absolute atomic E-state index is 12.6. The van der Waals surface area contributed by atoms with Crippen molar-refractivity contribution in [3.05, 3.63) is 29.8 Å². The maximum Gasteiger partial charge on any atom is 0.416 e. The lowest BCUT2D eigenvalue weighted by Gasteiger charge is -2.29. The monoisotopic (exact) mass is 436 g/mol. The van der Waals surface area contributed by atoms with E-state index in [2.05, 4.69) is 23.5 Å². The average Bonchev–Trinajstić information content (AvgIpc) is 2.70. The Morgan fingerprint density at radius 3 is 2.17 bits per heavy atom. The van der Waals surface area contributed by atoms with Gasteiger partial charge in [0.25, 0.3) is 0 Å². The van der Waals surface area contributed by atoms with Crippen molar-refractivity contribution in [2.45, 2.75) is 56.7 Å². The Kier molecular flexibility index (Phi) is 8.93. The van der Waals surface area contributed by atoms with Crippen molar-refractivity contribution in [2.24, 2.45) is 5.92 Å². The first-order valence-electron chi connectivity index (χ1n) is 10.2. The summed E-state index contributed by atoms with van der Waals surface area (Å²) in [4.78, 5) is 2.15. The molecule has 1 aromatic carbocycles. The van der Waals surface area contributed by atoms with Crippen molar-refractivity contribution in [3.8, 4) is 0 Å². The summed E-state index contributed by atoms with van der Waals surface area (Å²) < 4.78 is 71.0. The van der Waals surface area contributed by atoms with Crippen LogP contribution in [0.4, 0.5) is 13.2 Å². The Balaban J connectivity index is 1.75. The molecule has 1 aliphatic carbocycles. The van der Waals surface area contributed by atoms with Crippen LogP contribution >= 0.6 is 0 Å². The molecular weight excluding hydrogens is 405 g/mol. The fraction of sp³-hybridized carbons (Fsp3) is 0.700. The standard InChI is InChI=1S/C20H31F3N2O3S/c1-3-25(4-2)13-14-28-18-9-5-16(6-10-18)15-24-29(26,27)19-11-7-17(8-12-19)20(21,22)23/h7-8,11-12,16,18,24H,3-6,9-10,13-15H2,1-2H3. The van der Waals surface area contributed by atoms with Crippen LogP contribution in [0.3, 0.4) is 0 Å². The lowest BCUT2D eigenvalue weighted by atomic mass is 9.87. The molecule has 9 heteroatoms. The summed E-state index contributed by atoms with van der Waals surface area (Å²) in [5.74, 6) is 0.210. The molecule has 0 amide bonds. The second-order valence-corrected chi connectivity index (χ2v) is 9.18. The van der Waals surface area contributed by atoms with E-state index in [0.29, 0.717) is 6.61 Å². The molecule has 29 heavy (non-hydrogen) atoms. The van der Waals surface area contributed by atoms with E-state index in [4.69, 9.17) is 4.74 Å². The fourth-order valence-electron chi connectivity index (χ4n) is 3.52. The molecular formula is C20H31F3N2O3S. The van der Waals surface area contributed by atoms with Crippen LogP contribution in [0.1, 0.15) is 45.1 Å². The van der Waals surface area contributed by atoms with Crippen molar-refractivity contribution in [1.82, 2.24) is 9.62 Å². The van der Waals surface area contributed by atoms with Gasteiger partial charge in [-0.05, 0) is 69.0 Å². The van der Waals surface area contributed by atoms with Crippen molar-refractivity contribution < 1.29 is 26.3 Å². The average molecular weight is 437 g/mol. The minimum Gasteiger partial charge on any atom is -0.377 e. The zero-order chi connectivity index (χ0) is 21.5. The van der Waals surface area contributed by atoms with Crippen molar-refractivity contribution in [3.63, 3.8) is 0 Å². The first-order chi connectivity index (χ1) is 13.7. The number of alkyl halides is 3. The molecule has 1 aliphatic rings. The molecule has 0 bridgehead atoms. The van der Waals surface area contributed by atoms with Crippen molar-refractivity contribution in [2.75, 3.05) is 32.8 Å². The number of likely N-dealkylation sites (N-methyl/N-ethyl adjacent to an activating group) is 1. The van der Waals surface area contributed by atoms with E-state index in [1.807, 2.05) is 0 Å². The van der Waals surface area contributed by atoms with Gasteiger partial charge in [-0.1, -0.05) is 13.8 Å². The third kappa shape index (κ3) is 7.55. The quantitative estimate of drug-likeness (QED) is 0.604. The number of benzene rings is 1. The van der Waals surface area contributed by atoms with Gasteiger partial charge in [0, 0.05) is 13.1 Å². The SMILES string of the molecule is CCN(CC)CCOC1CCC(CNS(=O)(=O)c2ccc(C(F)(F)F)cc2)CC1. The molecule has 5 nitrogen and oxygen atoms in total. The molecule has 1 saturated carbocycles. The van der Waals surface area contributed by atoms with Crippen LogP contribution in [0.5, 0.6) is 0 Å². The van der Waals surface area contributed by atoms with Gasteiger partial charge in [0.05, 0.1) is 23.2 Å². The first kappa shape index (κ1) is 24.1. The zero-order valence-corrected chi connectivity index (χ0v) is 17.9. The van der Waals surface area contributed by atoms with E-state index in [1.165, 1.54) is 0 Å². The lowest BCUT2D eigenvalue weighted by molar-refractivity contribution is -0.137. The highest BCUT2D eigenvalue weighted by atomic mass is 32.2. The number of rotatable bonds is 10. The third-order valence-electron chi connectivity index (χ3n) is 5.50. The van der Waals surface area contributed by atoms with Crippen LogP contribution in [0.25, 0.3) is 0 Å². The number of halogens is 3. The second-order valence-electron chi connectivity index (χ2n) is 7.41. The van der Waals surface area contributed by atoms with Gasteiger partial charge in [-0.15, -0.1) is 0 Å². The van der Waals surface area contributed by atoms with Crippen molar-refractivity contribution >= 4 is 10.0 Å². The molecule has 0 atom stereocenters. The summed E-state index contributed by atoms with van der Waals surface area (Å²) in [7, 11) is -3.82. The van der Waals surface area contributed by atoms with Gasteiger partial charge >= 0.3 is 6.18 Å². The number of hydrogen-bond donors (Lipinski definition) is 1. The molecule has 0 heterocycles. The predicted octanol–water partition coefficient (Wildman–Crippen LogP) is 3.90. The van der Waals surface area contributed by atoms with Crippen LogP contribution in [0.15, 0.2) is 29.2 Å². The fourth-order valence-corrected chi connectivity index (χ4v) is 4.64. The number of sulfonamides is 1. The highest BCUT2D eigenvalue weighted by molar-refractivity contribution is 7.89. The minimum absolute atomic E-state index is 0.154. The summed E-state index contributed by atoms with van der Waals surface area (Å²) in [5, 5.41) is 0. The molecule has 0 spiro atoms. The van der Waals surface area contributed by atoms with Gasteiger partial charge in [-0.25, -0.2) is 13.1 Å². The molecule has 0 aromatic heterocycles. The van der Waals surface area contributed by atoms with Gasteiger partial charge in [0.1, 0.15) is 0 Å². The summed E-state index contributed by atoms with van der Waals surface area (Å²) in [5.41, 5.74) is -0.865. The van der Waals surface area contributed by atoms with Gasteiger partial charge in [-0.3, -0.25) is 0 Å². The molecule has 2 rings (SSSR count). The van der Waals surface area contributed by atoms with Crippen LogP contribution in [-0.4, -0.2) is 52.2 Å².